The van der Waals surface area contributed by atoms with Crippen LogP contribution in [0.4, 0.5) is 5.69 Å². The van der Waals surface area contributed by atoms with Gasteiger partial charge >= 0.3 is 0 Å². The number of hydrogen-bond donors (Lipinski definition) is 0. The molecule has 0 bridgehead atoms. The van der Waals surface area contributed by atoms with Gasteiger partial charge in [0.1, 0.15) is 0 Å². The second-order valence-electron chi connectivity index (χ2n) is 5.71. The Morgan fingerprint density at radius 1 is 0.864 bits per heavy atom. The first-order chi connectivity index (χ1) is 10.6. The molecule has 22 heavy (non-hydrogen) atoms. The summed E-state index contributed by atoms with van der Waals surface area (Å²) >= 11 is 12.1. The van der Waals surface area contributed by atoms with Gasteiger partial charge in [-0.05, 0) is 30.7 Å². The van der Waals surface area contributed by atoms with Crippen molar-refractivity contribution in [1.29, 1.82) is 0 Å². The highest BCUT2D eigenvalue weighted by Gasteiger charge is 2.22. The van der Waals surface area contributed by atoms with Crippen molar-refractivity contribution in [2.45, 2.75) is 13.0 Å². The number of hydrogen-bond acceptors (Lipinski definition) is 2. The Morgan fingerprint density at radius 2 is 1.55 bits per heavy atom. The molecule has 1 fully saturated rings. The van der Waals surface area contributed by atoms with Crippen molar-refractivity contribution in [2.75, 3.05) is 31.1 Å². The molecule has 2 aromatic carbocycles. The summed E-state index contributed by atoms with van der Waals surface area (Å²) in [5.74, 6) is 0. The van der Waals surface area contributed by atoms with Crippen LogP contribution in [0.3, 0.4) is 0 Å². The third-order valence-corrected chi connectivity index (χ3v) is 5.15. The van der Waals surface area contributed by atoms with Crippen molar-refractivity contribution in [3.63, 3.8) is 0 Å². The average molecular weight is 335 g/mol. The van der Waals surface area contributed by atoms with E-state index in [2.05, 4.69) is 47.1 Å². The topological polar surface area (TPSA) is 6.48 Å². The van der Waals surface area contributed by atoms with E-state index in [9.17, 15) is 0 Å². The molecule has 116 valence electrons. The highest BCUT2D eigenvalue weighted by atomic mass is 35.5. The van der Waals surface area contributed by atoms with Crippen LogP contribution in [0, 0.1) is 0 Å². The summed E-state index contributed by atoms with van der Waals surface area (Å²) in [6.07, 6.45) is 0. The largest absolute Gasteiger partial charge is 0.369 e. The second-order valence-corrected chi connectivity index (χ2v) is 6.52. The lowest BCUT2D eigenvalue weighted by atomic mass is 10.1. The summed E-state index contributed by atoms with van der Waals surface area (Å²) < 4.78 is 0. The molecule has 0 amide bonds. The maximum atomic E-state index is 6.12. The molecule has 1 aliphatic heterocycles. The van der Waals surface area contributed by atoms with Gasteiger partial charge in [-0.2, -0.15) is 0 Å². The quantitative estimate of drug-likeness (QED) is 0.789. The number of halogens is 2. The molecule has 0 spiro atoms. The Balaban J connectivity index is 1.64. The van der Waals surface area contributed by atoms with Crippen LogP contribution in [0.25, 0.3) is 0 Å². The maximum absolute atomic E-state index is 6.12. The van der Waals surface area contributed by atoms with Crippen molar-refractivity contribution in [1.82, 2.24) is 4.90 Å². The summed E-state index contributed by atoms with van der Waals surface area (Å²) in [6.45, 7) is 6.40. The standard InChI is InChI=1S/C18H20Cl2N2/c1-14(15-5-3-2-4-6-15)21-9-11-22(12-10-21)16-7-8-17(19)18(20)13-16/h2-8,13-14H,9-12H2,1H3/t14-/m0/s1. The van der Waals surface area contributed by atoms with Gasteiger partial charge in [-0.3, -0.25) is 4.90 Å². The van der Waals surface area contributed by atoms with Crippen LogP contribution < -0.4 is 4.90 Å². The first kappa shape index (κ1) is 15.7. The summed E-state index contributed by atoms with van der Waals surface area (Å²) in [6, 6.07) is 17.0. The molecule has 2 nitrogen and oxygen atoms in total. The molecule has 1 atom stereocenters. The van der Waals surface area contributed by atoms with Crippen molar-refractivity contribution in [3.8, 4) is 0 Å². The number of rotatable bonds is 3. The number of piperazine rings is 1. The van der Waals surface area contributed by atoms with Gasteiger partial charge in [-0.15, -0.1) is 0 Å². The van der Waals surface area contributed by atoms with E-state index in [1.54, 1.807) is 0 Å². The van der Waals surface area contributed by atoms with Gasteiger partial charge in [0.2, 0.25) is 0 Å². The molecule has 0 radical (unpaired) electrons. The van der Waals surface area contributed by atoms with Gasteiger partial charge in [-0.25, -0.2) is 0 Å². The predicted octanol–water partition coefficient (Wildman–Crippen LogP) is 4.88. The van der Waals surface area contributed by atoms with E-state index in [1.165, 1.54) is 5.56 Å². The molecular formula is C18H20Cl2N2. The molecule has 4 heteroatoms. The SMILES string of the molecule is C[C@@H](c1ccccc1)N1CCN(c2ccc(Cl)c(Cl)c2)CC1. The van der Waals surface area contributed by atoms with Gasteiger partial charge in [0.25, 0.3) is 0 Å². The average Bonchev–Trinajstić information content (AvgIpc) is 2.58. The minimum atomic E-state index is 0.456. The summed E-state index contributed by atoms with van der Waals surface area (Å²) in [5, 5.41) is 1.24. The molecule has 0 saturated carbocycles. The number of benzene rings is 2. The van der Waals surface area contributed by atoms with E-state index in [0.29, 0.717) is 16.1 Å². The van der Waals surface area contributed by atoms with Crippen molar-refractivity contribution < 1.29 is 0 Å². The second kappa shape index (κ2) is 6.91. The Kier molecular flexibility index (Phi) is 4.92. The van der Waals surface area contributed by atoms with Crippen LogP contribution in [0.15, 0.2) is 48.5 Å². The first-order valence-corrected chi connectivity index (χ1v) is 8.40. The van der Waals surface area contributed by atoms with Crippen LogP contribution in [0.5, 0.6) is 0 Å². The zero-order valence-corrected chi connectivity index (χ0v) is 14.2. The van der Waals surface area contributed by atoms with E-state index in [4.69, 9.17) is 23.2 Å². The molecule has 0 aromatic heterocycles. The third kappa shape index (κ3) is 3.40. The summed E-state index contributed by atoms with van der Waals surface area (Å²) in [4.78, 5) is 4.90. The van der Waals surface area contributed by atoms with Crippen LogP contribution in [-0.4, -0.2) is 31.1 Å². The van der Waals surface area contributed by atoms with Gasteiger partial charge in [-0.1, -0.05) is 53.5 Å². The van der Waals surface area contributed by atoms with E-state index < -0.39 is 0 Å². The molecule has 2 aromatic rings. The lowest BCUT2D eigenvalue weighted by Gasteiger charge is -2.39. The molecule has 0 aliphatic carbocycles. The smallest absolute Gasteiger partial charge is 0.0612 e. The van der Waals surface area contributed by atoms with Crippen molar-refractivity contribution >= 4 is 28.9 Å². The van der Waals surface area contributed by atoms with Gasteiger partial charge in [0.05, 0.1) is 10.0 Å². The fraction of sp³-hybridized carbons (Fsp3) is 0.333. The lowest BCUT2D eigenvalue weighted by Crippen LogP contribution is -2.47. The summed E-state index contributed by atoms with van der Waals surface area (Å²) in [7, 11) is 0. The van der Waals surface area contributed by atoms with E-state index in [1.807, 2.05) is 18.2 Å². The first-order valence-electron chi connectivity index (χ1n) is 7.64. The monoisotopic (exact) mass is 334 g/mol. The molecule has 1 saturated heterocycles. The highest BCUT2D eigenvalue weighted by Crippen LogP contribution is 2.29. The predicted molar refractivity (Wildman–Crippen MR) is 95.1 cm³/mol. The zero-order valence-electron chi connectivity index (χ0n) is 12.7. The zero-order chi connectivity index (χ0) is 15.5. The lowest BCUT2D eigenvalue weighted by molar-refractivity contribution is 0.198. The highest BCUT2D eigenvalue weighted by molar-refractivity contribution is 6.42. The van der Waals surface area contributed by atoms with Crippen LogP contribution in [0.2, 0.25) is 10.0 Å². The minimum Gasteiger partial charge on any atom is -0.369 e. The van der Waals surface area contributed by atoms with Gasteiger partial charge < -0.3 is 4.90 Å². The van der Waals surface area contributed by atoms with Crippen LogP contribution >= 0.6 is 23.2 Å². The number of anilines is 1. The fourth-order valence-corrected chi connectivity index (χ4v) is 3.28. The van der Waals surface area contributed by atoms with Crippen molar-refractivity contribution in [3.05, 3.63) is 64.1 Å². The summed E-state index contributed by atoms with van der Waals surface area (Å²) in [5.41, 5.74) is 2.53. The van der Waals surface area contributed by atoms with Crippen LogP contribution in [-0.2, 0) is 0 Å². The molecule has 1 heterocycles. The maximum Gasteiger partial charge on any atom is 0.0612 e. The van der Waals surface area contributed by atoms with Gasteiger partial charge in [0, 0.05) is 37.9 Å². The normalized spacial score (nSPS) is 17.5. The Labute approximate surface area is 142 Å². The minimum absolute atomic E-state index is 0.456. The molecule has 0 N–H and O–H groups in total. The number of nitrogens with zero attached hydrogens (tertiary/aromatic N) is 2. The molecule has 1 aliphatic rings. The van der Waals surface area contributed by atoms with Crippen molar-refractivity contribution in [2.24, 2.45) is 0 Å². The Bertz CT molecular complexity index is 622. The van der Waals surface area contributed by atoms with E-state index in [-0.39, 0.29) is 0 Å². The van der Waals surface area contributed by atoms with Gasteiger partial charge in [0.15, 0.2) is 0 Å². The fourth-order valence-electron chi connectivity index (χ4n) is 2.99. The van der Waals surface area contributed by atoms with E-state index >= 15 is 0 Å². The third-order valence-electron chi connectivity index (χ3n) is 4.41. The molecular weight excluding hydrogens is 315 g/mol. The Morgan fingerprint density at radius 3 is 2.18 bits per heavy atom. The Hall–Kier alpha value is -1.22. The van der Waals surface area contributed by atoms with E-state index in [0.717, 1.165) is 31.9 Å². The molecule has 3 rings (SSSR count). The van der Waals surface area contributed by atoms with Crippen LogP contribution in [0.1, 0.15) is 18.5 Å². The molecule has 0 unspecified atom stereocenters.